The third-order valence-electron chi connectivity index (χ3n) is 2.90. The lowest BCUT2D eigenvalue weighted by Gasteiger charge is -2.03. The van der Waals surface area contributed by atoms with Crippen molar-refractivity contribution in [2.24, 2.45) is 0 Å². The number of halogens is 1. The summed E-state index contributed by atoms with van der Waals surface area (Å²) in [7, 11) is 0. The van der Waals surface area contributed by atoms with Crippen LogP contribution in [0, 0.1) is 0 Å². The average Bonchev–Trinajstić information content (AvgIpc) is 3.12. The first-order valence-corrected chi connectivity index (χ1v) is 5.97. The van der Waals surface area contributed by atoms with Gasteiger partial charge in [0.2, 0.25) is 0 Å². The third-order valence-corrected chi connectivity index (χ3v) is 3.14. The van der Waals surface area contributed by atoms with E-state index in [0.29, 0.717) is 16.6 Å². The van der Waals surface area contributed by atoms with Gasteiger partial charge in [-0.15, -0.1) is 0 Å². The van der Waals surface area contributed by atoms with E-state index in [4.69, 9.17) is 11.6 Å². The fourth-order valence-corrected chi connectivity index (χ4v) is 2.08. The third kappa shape index (κ3) is 2.24. The van der Waals surface area contributed by atoms with Gasteiger partial charge in [-0.25, -0.2) is 4.79 Å². The topological polar surface area (TPSA) is 45.8 Å². The van der Waals surface area contributed by atoms with Crippen LogP contribution < -0.4 is 5.69 Å². The Kier molecular flexibility index (Phi) is 2.48. The lowest BCUT2D eigenvalue weighted by Crippen LogP contribution is -2.13. The molecule has 1 heterocycles. The highest BCUT2D eigenvalue weighted by atomic mass is 35.5. The van der Waals surface area contributed by atoms with E-state index < -0.39 is 0 Å². The summed E-state index contributed by atoms with van der Waals surface area (Å²) >= 11 is 5.94. The van der Waals surface area contributed by atoms with Crippen LogP contribution >= 0.6 is 11.6 Å². The van der Waals surface area contributed by atoms with Crippen LogP contribution in [0.1, 0.15) is 24.5 Å². The van der Waals surface area contributed by atoms with Gasteiger partial charge in [-0.05, 0) is 37.0 Å². The lowest BCUT2D eigenvalue weighted by atomic mass is 10.1. The largest absolute Gasteiger partial charge is 0.345 e. The van der Waals surface area contributed by atoms with Crippen LogP contribution in [0.2, 0.25) is 5.02 Å². The Morgan fingerprint density at radius 2 is 2.12 bits per heavy atom. The Bertz CT molecular complexity index is 617. The maximum Gasteiger partial charge on any atom is 0.345 e. The van der Waals surface area contributed by atoms with Crippen molar-refractivity contribution in [2.75, 3.05) is 0 Å². The molecule has 0 spiro atoms. The van der Waals surface area contributed by atoms with Gasteiger partial charge in [0.25, 0.3) is 0 Å². The highest BCUT2D eigenvalue weighted by Gasteiger charge is 2.25. The van der Waals surface area contributed by atoms with Gasteiger partial charge < -0.3 is 4.98 Å². The van der Waals surface area contributed by atoms with Gasteiger partial charge in [0.15, 0.2) is 0 Å². The van der Waals surface area contributed by atoms with E-state index in [1.807, 2.05) is 24.3 Å². The summed E-state index contributed by atoms with van der Waals surface area (Å²) in [5, 5.41) is 0.651. The Morgan fingerprint density at radius 3 is 2.82 bits per heavy atom. The number of benzene rings is 1. The second-order valence-corrected chi connectivity index (χ2v) is 4.75. The minimum atomic E-state index is -0.288. The highest BCUT2D eigenvalue weighted by molar-refractivity contribution is 6.30. The van der Waals surface area contributed by atoms with E-state index >= 15 is 0 Å². The summed E-state index contributed by atoms with van der Waals surface area (Å²) in [4.78, 5) is 18.3. The van der Waals surface area contributed by atoms with Gasteiger partial charge in [-0.1, -0.05) is 23.7 Å². The molecule has 0 saturated heterocycles. The number of rotatable bonds is 2. The van der Waals surface area contributed by atoms with E-state index in [0.717, 1.165) is 24.1 Å². The summed E-state index contributed by atoms with van der Waals surface area (Å²) < 4.78 is 0. The summed E-state index contributed by atoms with van der Waals surface area (Å²) in [6.07, 6.45) is 2.30. The molecule has 0 radical (unpaired) electrons. The number of aromatic amines is 1. The fraction of sp³-hybridized carbons (Fsp3) is 0.231. The molecular weight excluding hydrogens is 236 g/mol. The zero-order valence-electron chi connectivity index (χ0n) is 9.11. The predicted molar refractivity (Wildman–Crippen MR) is 67.3 cm³/mol. The summed E-state index contributed by atoms with van der Waals surface area (Å²) in [6, 6.07) is 9.34. The molecular formula is C13H11ClN2O. The van der Waals surface area contributed by atoms with Crippen LogP contribution in [0.3, 0.4) is 0 Å². The van der Waals surface area contributed by atoms with E-state index in [-0.39, 0.29) is 5.69 Å². The van der Waals surface area contributed by atoms with E-state index in [2.05, 4.69) is 9.97 Å². The molecule has 1 fully saturated rings. The molecule has 0 unspecified atom stereocenters. The SMILES string of the molecule is O=c1nc(-c2cccc(Cl)c2)cc(C2CC2)[nH]1. The molecule has 17 heavy (non-hydrogen) atoms. The minimum Gasteiger partial charge on any atom is -0.309 e. The molecule has 1 N–H and O–H groups in total. The Hall–Kier alpha value is -1.61. The second-order valence-electron chi connectivity index (χ2n) is 4.31. The van der Waals surface area contributed by atoms with Crippen LogP contribution in [0.15, 0.2) is 35.1 Å². The van der Waals surface area contributed by atoms with Crippen molar-refractivity contribution in [2.45, 2.75) is 18.8 Å². The van der Waals surface area contributed by atoms with Crippen molar-refractivity contribution in [3.05, 3.63) is 51.5 Å². The van der Waals surface area contributed by atoms with Gasteiger partial charge in [-0.3, -0.25) is 0 Å². The lowest BCUT2D eigenvalue weighted by molar-refractivity contribution is 0.951. The summed E-state index contributed by atoms with van der Waals surface area (Å²) in [6.45, 7) is 0. The van der Waals surface area contributed by atoms with Crippen LogP contribution in [0.4, 0.5) is 0 Å². The van der Waals surface area contributed by atoms with Crippen molar-refractivity contribution in [1.29, 1.82) is 0 Å². The Balaban J connectivity index is 2.10. The maximum absolute atomic E-state index is 11.5. The molecule has 4 heteroatoms. The smallest absolute Gasteiger partial charge is 0.309 e. The van der Waals surface area contributed by atoms with Crippen molar-refractivity contribution < 1.29 is 0 Å². The Morgan fingerprint density at radius 1 is 1.29 bits per heavy atom. The number of H-pyrrole nitrogens is 1. The standard InChI is InChI=1S/C13H11ClN2O/c14-10-3-1-2-9(6-10)12-7-11(8-4-5-8)15-13(17)16-12/h1-3,6-8H,4-5H2,(H,15,16,17). The van der Waals surface area contributed by atoms with E-state index in [1.54, 1.807) is 6.07 Å². The molecule has 0 atom stereocenters. The monoisotopic (exact) mass is 246 g/mol. The van der Waals surface area contributed by atoms with Gasteiger partial charge in [-0.2, -0.15) is 4.98 Å². The van der Waals surface area contributed by atoms with Gasteiger partial charge in [0.1, 0.15) is 0 Å². The normalized spacial score (nSPS) is 14.9. The zero-order chi connectivity index (χ0) is 11.8. The first-order valence-electron chi connectivity index (χ1n) is 5.59. The zero-order valence-corrected chi connectivity index (χ0v) is 9.87. The Labute approximate surface area is 103 Å². The van der Waals surface area contributed by atoms with Crippen LogP contribution in [-0.2, 0) is 0 Å². The number of aromatic nitrogens is 2. The number of hydrogen-bond acceptors (Lipinski definition) is 2. The van der Waals surface area contributed by atoms with Gasteiger partial charge in [0, 0.05) is 16.3 Å². The van der Waals surface area contributed by atoms with Crippen molar-refractivity contribution >= 4 is 11.6 Å². The molecule has 86 valence electrons. The first-order chi connectivity index (χ1) is 8.22. The molecule has 1 aromatic heterocycles. The molecule has 1 aromatic carbocycles. The summed E-state index contributed by atoms with van der Waals surface area (Å²) in [5.74, 6) is 0.503. The predicted octanol–water partition coefficient (Wildman–Crippen LogP) is 2.97. The fourth-order valence-electron chi connectivity index (χ4n) is 1.89. The summed E-state index contributed by atoms with van der Waals surface area (Å²) in [5.41, 5.74) is 2.27. The van der Waals surface area contributed by atoms with Crippen LogP contribution in [0.25, 0.3) is 11.3 Å². The molecule has 1 saturated carbocycles. The molecule has 1 aliphatic carbocycles. The molecule has 3 nitrogen and oxygen atoms in total. The second kappa shape index (κ2) is 4.00. The van der Waals surface area contributed by atoms with E-state index in [9.17, 15) is 4.79 Å². The number of nitrogens with zero attached hydrogens (tertiary/aromatic N) is 1. The quantitative estimate of drug-likeness (QED) is 0.886. The van der Waals surface area contributed by atoms with Gasteiger partial charge in [0.05, 0.1) is 5.69 Å². The average molecular weight is 247 g/mol. The van der Waals surface area contributed by atoms with Crippen molar-refractivity contribution in [3.8, 4) is 11.3 Å². The molecule has 3 rings (SSSR count). The van der Waals surface area contributed by atoms with Crippen LogP contribution in [-0.4, -0.2) is 9.97 Å². The molecule has 0 amide bonds. The number of nitrogens with one attached hydrogen (secondary N) is 1. The van der Waals surface area contributed by atoms with Gasteiger partial charge >= 0.3 is 5.69 Å². The molecule has 2 aromatic rings. The first kappa shape index (κ1) is 10.5. The molecule has 1 aliphatic rings. The minimum absolute atomic E-state index is 0.288. The van der Waals surface area contributed by atoms with Crippen molar-refractivity contribution in [3.63, 3.8) is 0 Å². The molecule has 0 aliphatic heterocycles. The maximum atomic E-state index is 11.5. The highest BCUT2D eigenvalue weighted by Crippen LogP contribution is 2.39. The van der Waals surface area contributed by atoms with Crippen molar-refractivity contribution in [1.82, 2.24) is 9.97 Å². The number of hydrogen-bond donors (Lipinski definition) is 1. The van der Waals surface area contributed by atoms with Crippen LogP contribution in [0.5, 0.6) is 0 Å². The molecule has 0 bridgehead atoms. The van der Waals surface area contributed by atoms with E-state index in [1.165, 1.54) is 0 Å².